The van der Waals surface area contributed by atoms with E-state index in [1.54, 1.807) is 10.9 Å². The number of benzene rings is 1. The molecular weight excluding hydrogens is 286 g/mol. The van der Waals surface area contributed by atoms with Crippen molar-refractivity contribution in [2.75, 3.05) is 13.1 Å². The number of fused-ring (bicyclic) bond motifs is 1. The summed E-state index contributed by atoms with van der Waals surface area (Å²) in [5.41, 5.74) is 0.911. The molecule has 1 aromatic carbocycles. The lowest BCUT2D eigenvalue weighted by molar-refractivity contribution is -0.134. The molecular formula is C16H20ClN3O. The number of hydrogen-bond donors (Lipinski definition) is 0. The minimum absolute atomic E-state index is 0.137. The lowest BCUT2D eigenvalue weighted by atomic mass is 9.92. The third-order valence-corrected chi connectivity index (χ3v) is 4.35. The van der Waals surface area contributed by atoms with Gasteiger partial charge < -0.3 is 4.90 Å². The maximum Gasteiger partial charge on any atom is 0.244 e. The zero-order chi connectivity index (χ0) is 15.0. The molecule has 2 aromatic rings. The first-order valence-electron chi connectivity index (χ1n) is 7.42. The van der Waals surface area contributed by atoms with Gasteiger partial charge in [-0.15, -0.1) is 0 Å². The lowest BCUT2D eigenvalue weighted by Gasteiger charge is -2.35. The molecule has 1 fully saturated rings. The van der Waals surface area contributed by atoms with Crippen molar-refractivity contribution in [3.05, 3.63) is 29.4 Å². The Labute approximate surface area is 129 Å². The maximum atomic E-state index is 12.5. The normalized spacial score (nSPS) is 22.7. The van der Waals surface area contributed by atoms with Crippen LogP contribution in [0.15, 0.2) is 24.4 Å². The van der Waals surface area contributed by atoms with Gasteiger partial charge in [-0.25, -0.2) is 0 Å². The molecule has 1 aromatic heterocycles. The summed E-state index contributed by atoms with van der Waals surface area (Å²) in [7, 11) is 0. The fraction of sp³-hybridized carbons (Fsp3) is 0.500. The van der Waals surface area contributed by atoms with E-state index in [1.807, 2.05) is 23.1 Å². The summed E-state index contributed by atoms with van der Waals surface area (Å²) >= 11 is 6.03. The van der Waals surface area contributed by atoms with E-state index in [4.69, 9.17) is 11.6 Å². The third-order valence-electron chi connectivity index (χ3n) is 4.11. The largest absolute Gasteiger partial charge is 0.341 e. The Morgan fingerprint density at radius 3 is 2.76 bits per heavy atom. The topological polar surface area (TPSA) is 38.1 Å². The summed E-state index contributed by atoms with van der Waals surface area (Å²) in [6.45, 7) is 6.40. The van der Waals surface area contributed by atoms with Gasteiger partial charge in [-0.2, -0.15) is 5.10 Å². The van der Waals surface area contributed by atoms with Crippen LogP contribution < -0.4 is 0 Å². The first-order chi connectivity index (χ1) is 10.0. The number of carbonyl (C=O) groups excluding carboxylic acids is 1. The average Bonchev–Trinajstić information content (AvgIpc) is 2.80. The van der Waals surface area contributed by atoms with Gasteiger partial charge in [0, 0.05) is 23.5 Å². The quantitative estimate of drug-likeness (QED) is 0.854. The van der Waals surface area contributed by atoms with Crippen molar-refractivity contribution in [2.24, 2.45) is 11.8 Å². The van der Waals surface area contributed by atoms with Crippen molar-refractivity contribution in [3.8, 4) is 0 Å². The smallest absolute Gasteiger partial charge is 0.244 e. The highest BCUT2D eigenvalue weighted by molar-refractivity contribution is 6.31. The molecule has 4 nitrogen and oxygen atoms in total. The van der Waals surface area contributed by atoms with Crippen LogP contribution in [0.3, 0.4) is 0 Å². The lowest BCUT2D eigenvalue weighted by Crippen LogP contribution is -2.44. The summed E-state index contributed by atoms with van der Waals surface area (Å²) in [6.07, 6.45) is 2.98. The van der Waals surface area contributed by atoms with Crippen LogP contribution in [0.25, 0.3) is 10.9 Å². The predicted molar refractivity (Wildman–Crippen MR) is 84.3 cm³/mol. The highest BCUT2D eigenvalue weighted by atomic mass is 35.5. The second-order valence-electron chi connectivity index (χ2n) is 6.25. The fourth-order valence-electron chi connectivity index (χ4n) is 3.26. The zero-order valence-electron chi connectivity index (χ0n) is 12.4. The third kappa shape index (κ3) is 3.05. The Morgan fingerprint density at radius 1 is 1.33 bits per heavy atom. The summed E-state index contributed by atoms with van der Waals surface area (Å²) < 4.78 is 1.74. The van der Waals surface area contributed by atoms with E-state index in [0.717, 1.165) is 24.0 Å². The van der Waals surface area contributed by atoms with Crippen LogP contribution in [0, 0.1) is 11.8 Å². The van der Waals surface area contributed by atoms with E-state index in [9.17, 15) is 4.79 Å². The van der Waals surface area contributed by atoms with Crippen LogP contribution in [0.5, 0.6) is 0 Å². The van der Waals surface area contributed by atoms with E-state index in [1.165, 1.54) is 6.42 Å². The Balaban J connectivity index is 1.78. The molecule has 0 spiro atoms. The maximum absolute atomic E-state index is 12.5. The van der Waals surface area contributed by atoms with Gasteiger partial charge in [0.1, 0.15) is 6.54 Å². The van der Waals surface area contributed by atoms with E-state index in [2.05, 4.69) is 18.9 Å². The molecule has 2 heterocycles. The van der Waals surface area contributed by atoms with Crippen LogP contribution in [0.2, 0.25) is 5.02 Å². The van der Waals surface area contributed by atoms with Gasteiger partial charge >= 0.3 is 0 Å². The predicted octanol–water partition coefficient (Wildman–Crippen LogP) is 3.19. The Kier molecular flexibility index (Phi) is 3.89. The average molecular weight is 306 g/mol. The van der Waals surface area contributed by atoms with Gasteiger partial charge in [0.15, 0.2) is 0 Å². The van der Waals surface area contributed by atoms with Crippen molar-refractivity contribution in [2.45, 2.75) is 26.8 Å². The standard InChI is InChI=1S/C16H20ClN3O/c1-11-5-12(2)9-19(8-11)16(21)10-20-15-6-14(17)4-3-13(15)7-18-20/h3-4,6-7,11-12H,5,8-10H2,1-2H3. The monoisotopic (exact) mass is 305 g/mol. The summed E-state index contributed by atoms with van der Waals surface area (Å²) in [4.78, 5) is 14.5. The van der Waals surface area contributed by atoms with E-state index in [0.29, 0.717) is 16.9 Å². The molecule has 1 saturated heterocycles. The van der Waals surface area contributed by atoms with Gasteiger partial charge in [0.05, 0.1) is 11.7 Å². The number of rotatable bonds is 2. The number of amides is 1. The Hall–Kier alpha value is -1.55. The first-order valence-corrected chi connectivity index (χ1v) is 7.79. The molecule has 3 rings (SSSR count). The molecule has 112 valence electrons. The Bertz CT molecular complexity index is 657. The van der Waals surface area contributed by atoms with Gasteiger partial charge in [-0.1, -0.05) is 25.4 Å². The first kappa shape index (κ1) is 14.4. The number of halogens is 1. The minimum atomic E-state index is 0.137. The second kappa shape index (κ2) is 5.68. The van der Waals surface area contributed by atoms with E-state index < -0.39 is 0 Å². The molecule has 0 N–H and O–H groups in total. The molecule has 0 radical (unpaired) electrons. The van der Waals surface area contributed by atoms with Crippen LogP contribution >= 0.6 is 11.6 Å². The SMILES string of the molecule is CC1CC(C)CN(C(=O)Cn2ncc3ccc(Cl)cc32)C1. The Morgan fingerprint density at radius 2 is 2.05 bits per heavy atom. The highest BCUT2D eigenvalue weighted by Gasteiger charge is 2.25. The summed E-state index contributed by atoms with van der Waals surface area (Å²) in [5, 5.41) is 5.99. The van der Waals surface area contributed by atoms with Crippen molar-refractivity contribution in [3.63, 3.8) is 0 Å². The van der Waals surface area contributed by atoms with Gasteiger partial charge in [0.2, 0.25) is 5.91 Å². The molecule has 5 heteroatoms. The molecule has 0 aliphatic carbocycles. The minimum Gasteiger partial charge on any atom is -0.341 e. The van der Waals surface area contributed by atoms with E-state index >= 15 is 0 Å². The molecule has 1 amide bonds. The fourth-order valence-corrected chi connectivity index (χ4v) is 3.43. The van der Waals surface area contributed by atoms with Crippen LogP contribution in [-0.4, -0.2) is 33.7 Å². The summed E-state index contributed by atoms with van der Waals surface area (Å²) in [5.74, 6) is 1.28. The van der Waals surface area contributed by atoms with Crippen molar-refractivity contribution in [1.29, 1.82) is 0 Å². The molecule has 2 atom stereocenters. The number of likely N-dealkylation sites (tertiary alicyclic amines) is 1. The molecule has 1 aliphatic heterocycles. The molecule has 0 bridgehead atoms. The number of carbonyl (C=O) groups is 1. The van der Waals surface area contributed by atoms with Crippen LogP contribution in [0.4, 0.5) is 0 Å². The van der Waals surface area contributed by atoms with Gasteiger partial charge in [0.25, 0.3) is 0 Å². The molecule has 2 unspecified atom stereocenters. The van der Waals surface area contributed by atoms with Gasteiger partial charge in [-0.05, 0) is 36.5 Å². The van der Waals surface area contributed by atoms with Gasteiger partial charge in [-0.3, -0.25) is 9.48 Å². The molecule has 0 saturated carbocycles. The van der Waals surface area contributed by atoms with E-state index in [-0.39, 0.29) is 12.5 Å². The number of nitrogens with zero attached hydrogens (tertiary/aromatic N) is 3. The van der Waals surface area contributed by atoms with Crippen LogP contribution in [0.1, 0.15) is 20.3 Å². The number of hydrogen-bond acceptors (Lipinski definition) is 2. The highest BCUT2D eigenvalue weighted by Crippen LogP contribution is 2.22. The summed E-state index contributed by atoms with van der Waals surface area (Å²) in [6, 6.07) is 5.63. The van der Waals surface area contributed by atoms with Crippen molar-refractivity contribution >= 4 is 28.4 Å². The molecule has 21 heavy (non-hydrogen) atoms. The van der Waals surface area contributed by atoms with Crippen molar-refractivity contribution in [1.82, 2.24) is 14.7 Å². The molecule has 1 aliphatic rings. The van der Waals surface area contributed by atoms with Crippen molar-refractivity contribution < 1.29 is 4.79 Å². The zero-order valence-corrected chi connectivity index (χ0v) is 13.2. The number of piperidine rings is 1. The van der Waals surface area contributed by atoms with Crippen LogP contribution in [-0.2, 0) is 11.3 Å². The second-order valence-corrected chi connectivity index (χ2v) is 6.69. The number of aromatic nitrogens is 2.